The van der Waals surface area contributed by atoms with E-state index in [1.165, 1.54) is 0 Å². The Bertz CT molecular complexity index is 459. The minimum atomic E-state index is 0.0583. The first-order valence-corrected chi connectivity index (χ1v) is 6.98. The van der Waals surface area contributed by atoms with Gasteiger partial charge in [-0.15, -0.1) is 0 Å². The number of anilines is 1. The molecule has 1 saturated heterocycles. The molecule has 104 valence electrons. The number of carbonyl (C=O) groups is 1. The second-order valence-corrected chi connectivity index (χ2v) is 5.35. The number of piperazine rings is 1. The molecule has 0 aromatic heterocycles. The standard InChI is InChI=1S/C13H17Cl2N3O/c1-16-13(19)9-17-4-6-18(7-5-17)10-2-3-11(14)12(15)8-10/h2-3,8H,4-7,9H2,1H3,(H,16,19). The molecule has 6 heteroatoms. The molecule has 2 rings (SSSR count). The van der Waals surface area contributed by atoms with Gasteiger partial charge in [0.25, 0.3) is 0 Å². The van der Waals surface area contributed by atoms with E-state index in [1.54, 1.807) is 7.05 Å². The molecule has 1 heterocycles. The average molecular weight is 302 g/mol. The lowest BCUT2D eigenvalue weighted by molar-refractivity contribution is -0.121. The molecule has 0 radical (unpaired) electrons. The lowest BCUT2D eigenvalue weighted by Gasteiger charge is -2.35. The number of likely N-dealkylation sites (N-methyl/N-ethyl adjacent to an activating group) is 1. The van der Waals surface area contributed by atoms with E-state index in [-0.39, 0.29) is 5.91 Å². The van der Waals surface area contributed by atoms with Crippen LogP contribution in [0.1, 0.15) is 0 Å². The second-order valence-electron chi connectivity index (χ2n) is 4.53. The van der Waals surface area contributed by atoms with Gasteiger partial charge in [0.1, 0.15) is 0 Å². The fourth-order valence-corrected chi connectivity index (χ4v) is 2.42. The van der Waals surface area contributed by atoms with Gasteiger partial charge in [0.2, 0.25) is 5.91 Å². The Morgan fingerprint density at radius 3 is 2.47 bits per heavy atom. The third-order valence-corrected chi connectivity index (χ3v) is 4.03. The summed E-state index contributed by atoms with van der Waals surface area (Å²) in [5.74, 6) is 0.0583. The van der Waals surface area contributed by atoms with Crippen LogP contribution in [0.15, 0.2) is 18.2 Å². The fourth-order valence-electron chi connectivity index (χ4n) is 2.13. The number of nitrogens with one attached hydrogen (secondary N) is 1. The van der Waals surface area contributed by atoms with Crippen molar-refractivity contribution in [2.24, 2.45) is 0 Å². The van der Waals surface area contributed by atoms with Crippen LogP contribution in [0.25, 0.3) is 0 Å². The average Bonchev–Trinajstić information content (AvgIpc) is 2.42. The van der Waals surface area contributed by atoms with Gasteiger partial charge in [-0.2, -0.15) is 0 Å². The predicted octanol–water partition coefficient (Wildman–Crippen LogP) is 1.86. The lowest BCUT2D eigenvalue weighted by atomic mass is 10.2. The highest BCUT2D eigenvalue weighted by atomic mass is 35.5. The van der Waals surface area contributed by atoms with Gasteiger partial charge in [0, 0.05) is 38.9 Å². The Labute approximate surface area is 123 Å². The van der Waals surface area contributed by atoms with Crippen molar-refractivity contribution in [1.82, 2.24) is 10.2 Å². The summed E-state index contributed by atoms with van der Waals surface area (Å²) >= 11 is 11.9. The quantitative estimate of drug-likeness (QED) is 0.926. The van der Waals surface area contributed by atoms with Gasteiger partial charge in [-0.05, 0) is 18.2 Å². The topological polar surface area (TPSA) is 35.6 Å². The van der Waals surface area contributed by atoms with Crippen LogP contribution in [-0.2, 0) is 4.79 Å². The zero-order valence-electron chi connectivity index (χ0n) is 10.8. The van der Waals surface area contributed by atoms with Gasteiger partial charge in [0.15, 0.2) is 0 Å². The van der Waals surface area contributed by atoms with Gasteiger partial charge in [-0.25, -0.2) is 0 Å². The Hall–Kier alpha value is -0.970. The van der Waals surface area contributed by atoms with Crippen molar-refractivity contribution in [1.29, 1.82) is 0 Å². The molecule has 1 fully saturated rings. The van der Waals surface area contributed by atoms with Crippen LogP contribution < -0.4 is 10.2 Å². The second kappa shape index (κ2) is 6.46. The molecule has 0 bridgehead atoms. The molecule has 0 saturated carbocycles. The van der Waals surface area contributed by atoms with Crippen LogP contribution in [0.2, 0.25) is 10.0 Å². The summed E-state index contributed by atoms with van der Waals surface area (Å²) in [5, 5.41) is 3.79. The van der Waals surface area contributed by atoms with Crippen molar-refractivity contribution < 1.29 is 4.79 Å². The maximum Gasteiger partial charge on any atom is 0.233 e. The lowest BCUT2D eigenvalue weighted by Crippen LogP contribution is -2.49. The first-order valence-electron chi connectivity index (χ1n) is 6.23. The van der Waals surface area contributed by atoms with Crippen molar-refractivity contribution in [3.8, 4) is 0 Å². The summed E-state index contributed by atoms with van der Waals surface area (Å²) in [7, 11) is 1.66. The number of hydrogen-bond acceptors (Lipinski definition) is 3. The van der Waals surface area contributed by atoms with Crippen LogP contribution in [0.4, 0.5) is 5.69 Å². The summed E-state index contributed by atoms with van der Waals surface area (Å²) in [6.45, 7) is 3.97. The molecule has 19 heavy (non-hydrogen) atoms. The van der Waals surface area contributed by atoms with E-state index in [2.05, 4.69) is 15.1 Å². The maximum absolute atomic E-state index is 11.3. The highest BCUT2D eigenvalue weighted by Gasteiger charge is 2.19. The van der Waals surface area contributed by atoms with E-state index < -0.39 is 0 Å². The Morgan fingerprint density at radius 2 is 1.89 bits per heavy atom. The van der Waals surface area contributed by atoms with E-state index in [1.807, 2.05) is 18.2 Å². The number of hydrogen-bond donors (Lipinski definition) is 1. The monoisotopic (exact) mass is 301 g/mol. The van der Waals surface area contributed by atoms with Crippen LogP contribution >= 0.6 is 23.2 Å². The van der Waals surface area contributed by atoms with Crippen LogP contribution in [0, 0.1) is 0 Å². The Kier molecular flexibility index (Phi) is 4.91. The molecule has 1 amide bonds. The highest BCUT2D eigenvalue weighted by Crippen LogP contribution is 2.27. The van der Waals surface area contributed by atoms with Crippen molar-refractivity contribution in [3.05, 3.63) is 28.2 Å². The van der Waals surface area contributed by atoms with E-state index in [0.29, 0.717) is 16.6 Å². The molecule has 1 aliphatic rings. The predicted molar refractivity (Wildman–Crippen MR) is 79.2 cm³/mol. The molecule has 0 spiro atoms. The largest absolute Gasteiger partial charge is 0.369 e. The molecule has 4 nitrogen and oxygen atoms in total. The Morgan fingerprint density at radius 1 is 1.21 bits per heavy atom. The summed E-state index contributed by atoms with van der Waals surface area (Å²) in [6.07, 6.45) is 0. The van der Waals surface area contributed by atoms with Gasteiger partial charge in [-0.3, -0.25) is 9.69 Å². The number of halogens is 2. The van der Waals surface area contributed by atoms with Crippen LogP contribution in [0.3, 0.4) is 0 Å². The molecular weight excluding hydrogens is 285 g/mol. The van der Waals surface area contributed by atoms with Gasteiger partial charge in [-0.1, -0.05) is 23.2 Å². The summed E-state index contributed by atoms with van der Waals surface area (Å²) in [6, 6.07) is 5.68. The molecule has 1 N–H and O–H groups in total. The van der Waals surface area contributed by atoms with Crippen molar-refractivity contribution in [3.63, 3.8) is 0 Å². The normalized spacial score (nSPS) is 16.5. The SMILES string of the molecule is CNC(=O)CN1CCN(c2ccc(Cl)c(Cl)c2)CC1. The number of benzene rings is 1. The minimum absolute atomic E-state index is 0.0583. The van der Waals surface area contributed by atoms with Gasteiger partial charge < -0.3 is 10.2 Å². The fraction of sp³-hybridized carbons (Fsp3) is 0.462. The van der Waals surface area contributed by atoms with E-state index in [0.717, 1.165) is 31.9 Å². The summed E-state index contributed by atoms with van der Waals surface area (Å²) < 4.78 is 0. The minimum Gasteiger partial charge on any atom is -0.369 e. The number of amides is 1. The third kappa shape index (κ3) is 3.75. The highest BCUT2D eigenvalue weighted by molar-refractivity contribution is 6.42. The molecule has 1 aromatic rings. The maximum atomic E-state index is 11.3. The van der Waals surface area contributed by atoms with Crippen LogP contribution in [-0.4, -0.2) is 50.6 Å². The van der Waals surface area contributed by atoms with Crippen molar-refractivity contribution in [2.45, 2.75) is 0 Å². The Balaban J connectivity index is 1.92. The summed E-state index contributed by atoms with van der Waals surface area (Å²) in [5.41, 5.74) is 1.08. The van der Waals surface area contributed by atoms with Gasteiger partial charge >= 0.3 is 0 Å². The molecule has 0 unspecified atom stereocenters. The first kappa shape index (κ1) is 14.4. The first-order chi connectivity index (χ1) is 9.10. The van der Waals surface area contributed by atoms with E-state index in [9.17, 15) is 4.79 Å². The smallest absolute Gasteiger partial charge is 0.233 e. The number of rotatable bonds is 3. The van der Waals surface area contributed by atoms with Crippen molar-refractivity contribution in [2.75, 3.05) is 44.7 Å². The van der Waals surface area contributed by atoms with Gasteiger partial charge in [0.05, 0.1) is 16.6 Å². The van der Waals surface area contributed by atoms with Crippen molar-refractivity contribution >= 4 is 34.8 Å². The van der Waals surface area contributed by atoms with E-state index >= 15 is 0 Å². The molecule has 0 aliphatic carbocycles. The molecular formula is C13H17Cl2N3O. The number of nitrogens with zero attached hydrogens (tertiary/aromatic N) is 2. The number of carbonyl (C=O) groups excluding carboxylic acids is 1. The van der Waals surface area contributed by atoms with E-state index in [4.69, 9.17) is 23.2 Å². The summed E-state index contributed by atoms with van der Waals surface area (Å²) in [4.78, 5) is 15.7. The molecule has 1 aliphatic heterocycles. The molecule has 0 atom stereocenters. The zero-order chi connectivity index (χ0) is 13.8. The zero-order valence-corrected chi connectivity index (χ0v) is 12.3. The third-order valence-electron chi connectivity index (χ3n) is 3.29. The van der Waals surface area contributed by atoms with Crippen LogP contribution in [0.5, 0.6) is 0 Å². The molecule has 1 aromatic carbocycles.